The zero-order valence-corrected chi connectivity index (χ0v) is 11.6. The van der Waals surface area contributed by atoms with Crippen molar-refractivity contribution in [3.05, 3.63) is 23.3 Å². The molecule has 2 aromatic rings. The molecule has 0 spiro atoms. The number of fused-ring (bicyclic) bond motifs is 1. The Kier molecular flexibility index (Phi) is 4.63. The summed E-state index contributed by atoms with van der Waals surface area (Å²) >= 11 is 1.68. The SMILES string of the molecule is Cc1cc2nc(SCCOCCN)[nH]c2cc1C. The van der Waals surface area contributed by atoms with Gasteiger partial charge in [0.2, 0.25) is 0 Å². The maximum atomic E-state index is 5.35. The Hall–Kier alpha value is -1.04. The van der Waals surface area contributed by atoms with Crippen molar-refractivity contribution in [3.8, 4) is 0 Å². The van der Waals surface area contributed by atoms with Crippen LogP contribution in [0.5, 0.6) is 0 Å². The number of rotatable bonds is 6. The number of benzene rings is 1. The lowest BCUT2D eigenvalue weighted by molar-refractivity contribution is 0.158. The van der Waals surface area contributed by atoms with Crippen molar-refractivity contribution in [2.24, 2.45) is 5.73 Å². The van der Waals surface area contributed by atoms with E-state index in [1.54, 1.807) is 11.8 Å². The van der Waals surface area contributed by atoms with Gasteiger partial charge >= 0.3 is 0 Å². The number of nitrogens with two attached hydrogens (primary N) is 1. The lowest BCUT2D eigenvalue weighted by Gasteiger charge is -1.99. The van der Waals surface area contributed by atoms with Crippen molar-refractivity contribution >= 4 is 22.8 Å². The Balaban J connectivity index is 1.97. The third-order valence-corrected chi connectivity index (χ3v) is 3.64. The van der Waals surface area contributed by atoms with Gasteiger partial charge in [0.15, 0.2) is 5.16 Å². The lowest BCUT2D eigenvalue weighted by atomic mass is 10.1. The summed E-state index contributed by atoms with van der Waals surface area (Å²) in [6, 6.07) is 4.27. The minimum atomic E-state index is 0.577. The molecule has 0 saturated carbocycles. The van der Waals surface area contributed by atoms with E-state index in [2.05, 4.69) is 35.9 Å². The monoisotopic (exact) mass is 265 g/mol. The van der Waals surface area contributed by atoms with Gasteiger partial charge in [0.25, 0.3) is 0 Å². The summed E-state index contributed by atoms with van der Waals surface area (Å²) in [6.07, 6.45) is 0. The van der Waals surface area contributed by atoms with Gasteiger partial charge in [-0.15, -0.1) is 0 Å². The molecule has 0 atom stereocenters. The van der Waals surface area contributed by atoms with Crippen LogP contribution in [-0.4, -0.2) is 35.5 Å². The zero-order chi connectivity index (χ0) is 13.0. The number of aromatic nitrogens is 2. The molecule has 1 heterocycles. The molecule has 3 N–H and O–H groups in total. The van der Waals surface area contributed by atoms with Crippen LogP contribution in [0, 0.1) is 13.8 Å². The summed E-state index contributed by atoms with van der Waals surface area (Å²) in [7, 11) is 0. The molecule has 0 unspecified atom stereocenters. The van der Waals surface area contributed by atoms with Gasteiger partial charge in [-0.2, -0.15) is 0 Å². The van der Waals surface area contributed by atoms with Gasteiger partial charge in [-0.3, -0.25) is 0 Å². The van der Waals surface area contributed by atoms with Gasteiger partial charge in [0.05, 0.1) is 24.2 Å². The number of aromatic amines is 1. The predicted molar refractivity (Wildman–Crippen MR) is 76.2 cm³/mol. The molecule has 2 rings (SSSR count). The van der Waals surface area contributed by atoms with Crippen molar-refractivity contribution in [2.75, 3.05) is 25.5 Å². The second kappa shape index (κ2) is 6.22. The van der Waals surface area contributed by atoms with Crippen molar-refractivity contribution in [1.82, 2.24) is 9.97 Å². The Morgan fingerprint density at radius 1 is 1.28 bits per heavy atom. The van der Waals surface area contributed by atoms with E-state index in [1.165, 1.54) is 11.1 Å². The molecule has 0 amide bonds. The molecular weight excluding hydrogens is 246 g/mol. The highest BCUT2D eigenvalue weighted by Gasteiger charge is 2.05. The molecule has 0 bridgehead atoms. The largest absolute Gasteiger partial charge is 0.379 e. The molecule has 1 aromatic carbocycles. The zero-order valence-electron chi connectivity index (χ0n) is 10.8. The fourth-order valence-corrected chi connectivity index (χ4v) is 2.44. The Morgan fingerprint density at radius 2 is 2.06 bits per heavy atom. The maximum absolute atomic E-state index is 5.35. The topological polar surface area (TPSA) is 63.9 Å². The molecule has 0 saturated heterocycles. The van der Waals surface area contributed by atoms with Crippen LogP contribution in [0.1, 0.15) is 11.1 Å². The number of H-pyrrole nitrogens is 1. The van der Waals surface area contributed by atoms with Gasteiger partial charge in [-0.05, 0) is 37.1 Å². The first-order chi connectivity index (χ1) is 8.70. The molecule has 0 radical (unpaired) electrons. The van der Waals surface area contributed by atoms with E-state index in [9.17, 15) is 0 Å². The van der Waals surface area contributed by atoms with E-state index in [1.807, 2.05) is 0 Å². The molecule has 0 aliphatic rings. The first kappa shape index (κ1) is 13.4. The number of hydrogen-bond acceptors (Lipinski definition) is 4. The molecular formula is C13H19N3OS. The van der Waals surface area contributed by atoms with E-state index in [0.717, 1.165) is 21.9 Å². The van der Waals surface area contributed by atoms with E-state index < -0.39 is 0 Å². The van der Waals surface area contributed by atoms with E-state index in [-0.39, 0.29) is 0 Å². The van der Waals surface area contributed by atoms with Gasteiger partial charge in [-0.1, -0.05) is 11.8 Å². The first-order valence-electron chi connectivity index (χ1n) is 6.08. The number of imidazole rings is 1. The highest BCUT2D eigenvalue weighted by atomic mass is 32.2. The third kappa shape index (κ3) is 3.25. The van der Waals surface area contributed by atoms with Crippen LogP contribution in [0.3, 0.4) is 0 Å². The fourth-order valence-electron chi connectivity index (χ4n) is 1.70. The maximum Gasteiger partial charge on any atom is 0.166 e. The van der Waals surface area contributed by atoms with Gasteiger partial charge in [-0.25, -0.2) is 4.98 Å². The average molecular weight is 265 g/mol. The summed E-state index contributed by atoms with van der Waals surface area (Å²) < 4.78 is 5.33. The van der Waals surface area contributed by atoms with E-state index >= 15 is 0 Å². The Morgan fingerprint density at radius 3 is 2.83 bits per heavy atom. The summed E-state index contributed by atoms with van der Waals surface area (Å²) in [5, 5.41) is 0.950. The van der Waals surface area contributed by atoms with Gasteiger partial charge in [0, 0.05) is 12.3 Å². The summed E-state index contributed by atoms with van der Waals surface area (Å²) in [5.74, 6) is 0.887. The molecule has 98 valence electrons. The number of aryl methyl sites for hydroxylation is 2. The van der Waals surface area contributed by atoms with Crippen molar-refractivity contribution in [1.29, 1.82) is 0 Å². The predicted octanol–water partition coefficient (Wildman–Crippen LogP) is 2.25. The van der Waals surface area contributed by atoms with Gasteiger partial charge < -0.3 is 15.5 Å². The van der Waals surface area contributed by atoms with Crippen LogP contribution in [0.15, 0.2) is 17.3 Å². The van der Waals surface area contributed by atoms with Gasteiger partial charge in [0.1, 0.15) is 0 Å². The third-order valence-electron chi connectivity index (χ3n) is 2.80. The molecule has 4 nitrogen and oxygen atoms in total. The van der Waals surface area contributed by atoms with Crippen molar-refractivity contribution in [2.45, 2.75) is 19.0 Å². The van der Waals surface area contributed by atoms with Crippen LogP contribution in [0.25, 0.3) is 11.0 Å². The lowest BCUT2D eigenvalue weighted by Crippen LogP contribution is -2.09. The van der Waals surface area contributed by atoms with E-state index in [4.69, 9.17) is 10.5 Å². The van der Waals surface area contributed by atoms with Crippen LogP contribution in [-0.2, 0) is 4.74 Å². The molecule has 18 heavy (non-hydrogen) atoms. The minimum Gasteiger partial charge on any atom is -0.379 e. The molecule has 1 aromatic heterocycles. The summed E-state index contributed by atoms with van der Waals surface area (Å²) in [5.41, 5.74) is 10.0. The fraction of sp³-hybridized carbons (Fsp3) is 0.462. The summed E-state index contributed by atoms with van der Waals surface area (Å²) in [6.45, 7) is 6.13. The van der Waals surface area contributed by atoms with Crippen molar-refractivity contribution < 1.29 is 4.74 Å². The van der Waals surface area contributed by atoms with E-state index in [0.29, 0.717) is 19.8 Å². The smallest absolute Gasteiger partial charge is 0.166 e. The summed E-state index contributed by atoms with van der Waals surface area (Å²) in [4.78, 5) is 7.89. The number of hydrogen-bond donors (Lipinski definition) is 2. The normalized spacial score (nSPS) is 11.3. The average Bonchev–Trinajstić information content (AvgIpc) is 2.71. The quantitative estimate of drug-likeness (QED) is 0.621. The van der Waals surface area contributed by atoms with Crippen LogP contribution >= 0.6 is 11.8 Å². The number of ether oxygens (including phenoxy) is 1. The Bertz CT molecular complexity index is 485. The highest BCUT2D eigenvalue weighted by molar-refractivity contribution is 7.99. The minimum absolute atomic E-state index is 0.577. The molecule has 0 aliphatic carbocycles. The van der Waals surface area contributed by atoms with Crippen molar-refractivity contribution in [3.63, 3.8) is 0 Å². The standard InChI is InChI=1S/C13H19N3OS/c1-9-7-11-12(8-10(9)2)16-13(15-11)18-6-5-17-4-3-14/h7-8H,3-6,14H2,1-2H3,(H,15,16). The number of nitrogens with zero attached hydrogens (tertiary/aromatic N) is 1. The molecule has 0 fully saturated rings. The first-order valence-corrected chi connectivity index (χ1v) is 7.07. The number of thioether (sulfide) groups is 1. The van der Waals surface area contributed by atoms with Crippen LogP contribution in [0.2, 0.25) is 0 Å². The molecule has 0 aliphatic heterocycles. The Labute approximate surface area is 111 Å². The second-order valence-electron chi connectivity index (χ2n) is 4.25. The molecule has 5 heteroatoms. The van der Waals surface area contributed by atoms with Crippen LogP contribution in [0.4, 0.5) is 0 Å². The number of nitrogens with one attached hydrogen (secondary N) is 1. The highest BCUT2D eigenvalue weighted by Crippen LogP contribution is 2.22. The van der Waals surface area contributed by atoms with Crippen LogP contribution < -0.4 is 5.73 Å². The second-order valence-corrected chi connectivity index (χ2v) is 5.33.